The Labute approximate surface area is 65.1 Å². The topological polar surface area (TPSA) is 115 Å². The highest BCUT2D eigenvalue weighted by Crippen LogP contribution is 2.00. The zero-order chi connectivity index (χ0) is 9.28. The fraction of sp³-hybridized carbons (Fsp3) is 0.750. The van der Waals surface area contributed by atoms with Gasteiger partial charge in [-0.2, -0.15) is 13.1 Å². The van der Waals surface area contributed by atoms with Gasteiger partial charge in [0.1, 0.15) is 5.54 Å². The molecule has 0 aromatic heterocycles. The smallest absolute Gasteiger partial charge is 0.275 e. The number of hydrogen-bond acceptors (Lipinski definition) is 3. The molecule has 66 valence electrons. The standard InChI is InChI=1S/C4H11N3O3S/c1-4(2,3(5)8)7-11(6,9)10/h7H,1-2H3,(H2,5,8)(H2,6,9,10). The van der Waals surface area contributed by atoms with E-state index in [0.717, 1.165) is 0 Å². The van der Waals surface area contributed by atoms with Crippen molar-refractivity contribution >= 4 is 16.1 Å². The van der Waals surface area contributed by atoms with Crippen LogP contribution in [0.5, 0.6) is 0 Å². The van der Waals surface area contributed by atoms with Crippen molar-refractivity contribution in [2.24, 2.45) is 10.9 Å². The van der Waals surface area contributed by atoms with E-state index < -0.39 is 21.7 Å². The van der Waals surface area contributed by atoms with E-state index in [1.807, 2.05) is 4.72 Å². The summed E-state index contributed by atoms with van der Waals surface area (Å²) in [5.74, 6) is -0.786. The molecule has 6 nitrogen and oxygen atoms in total. The summed E-state index contributed by atoms with van der Waals surface area (Å²) in [7, 11) is -3.88. The van der Waals surface area contributed by atoms with Crippen molar-refractivity contribution in [1.82, 2.24) is 4.72 Å². The SMILES string of the molecule is CC(C)(NS(N)(=O)=O)C(N)=O. The van der Waals surface area contributed by atoms with Crippen molar-refractivity contribution < 1.29 is 13.2 Å². The van der Waals surface area contributed by atoms with E-state index >= 15 is 0 Å². The van der Waals surface area contributed by atoms with Gasteiger partial charge < -0.3 is 5.73 Å². The second-order valence-electron chi connectivity index (χ2n) is 2.64. The van der Waals surface area contributed by atoms with Crippen molar-refractivity contribution in [2.75, 3.05) is 0 Å². The minimum Gasteiger partial charge on any atom is -0.368 e. The minimum absolute atomic E-state index is 0.786. The second-order valence-corrected chi connectivity index (χ2v) is 3.93. The van der Waals surface area contributed by atoms with E-state index in [1.54, 1.807) is 0 Å². The van der Waals surface area contributed by atoms with Gasteiger partial charge in [-0.1, -0.05) is 0 Å². The molecule has 0 atom stereocenters. The summed E-state index contributed by atoms with van der Waals surface area (Å²) in [6.45, 7) is 2.64. The quantitative estimate of drug-likeness (QED) is 0.469. The summed E-state index contributed by atoms with van der Waals surface area (Å²) in [6, 6.07) is 0. The van der Waals surface area contributed by atoms with Crippen LogP contribution in [-0.2, 0) is 15.0 Å². The Morgan fingerprint density at radius 2 is 1.82 bits per heavy atom. The van der Waals surface area contributed by atoms with Crippen LogP contribution in [0.3, 0.4) is 0 Å². The average molecular weight is 181 g/mol. The zero-order valence-electron chi connectivity index (χ0n) is 6.29. The molecule has 0 fully saturated rings. The molecule has 0 saturated heterocycles. The zero-order valence-corrected chi connectivity index (χ0v) is 7.10. The third-order valence-corrected chi connectivity index (χ3v) is 1.81. The first kappa shape index (κ1) is 10.3. The highest BCUT2D eigenvalue weighted by atomic mass is 32.2. The van der Waals surface area contributed by atoms with Gasteiger partial charge in [0.2, 0.25) is 5.91 Å². The van der Waals surface area contributed by atoms with Gasteiger partial charge >= 0.3 is 0 Å². The van der Waals surface area contributed by atoms with E-state index in [4.69, 9.17) is 5.73 Å². The molecule has 0 aromatic rings. The van der Waals surface area contributed by atoms with Gasteiger partial charge in [0.25, 0.3) is 10.2 Å². The molecule has 1 amide bonds. The Hall–Kier alpha value is -0.660. The molecule has 0 bridgehead atoms. The molecule has 11 heavy (non-hydrogen) atoms. The molecule has 0 spiro atoms. The van der Waals surface area contributed by atoms with E-state index in [9.17, 15) is 13.2 Å². The van der Waals surface area contributed by atoms with Gasteiger partial charge in [-0.05, 0) is 13.8 Å². The number of carbonyl (C=O) groups is 1. The summed E-state index contributed by atoms with van der Waals surface area (Å²) >= 11 is 0. The van der Waals surface area contributed by atoms with Crippen molar-refractivity contribution in [1.29, 1.82) is 0 Å². The van der Waals surface area contributed by atoms with E-state index in [-0.39, 0.29) is 0 Å². The van der Waals surface area contributed by atoms with Gasteiger partial charge in [-0.3, -0.25) is 4.79 Å². The van der Waals surface area contributed by atoms with Gasteiger partial charge in [0, 0.05) is 0 Å². The highest BCUT2D eigenvalue weighted by Gasteiger charge is 2.28. The number of amides is 1. The Morgan fingerprint density at radius 3 is 1.91 bits per heavy atom. The molecular weight excluding hydrogens is 170 g/mol. The number of primary amides is 1. The molecule has 0 unspecified atom stereocenters. The molecule has 0 aromatic carbocycles. The van der Waals surface area contributed by atoms with Crippen molar-refractivity contribution in [3.8, 4) is 0 Å². The number of carbonyl (C=O) groups excluding carboxylic acids is 1. The van der Waals surface area contributed by atoms with Crippen molar-refractivity contribution in [2.45, 2.75) is 19.4 Å². The Kier molecular flexibility index (Phi) is 2.60. The Bertz CT molecular complexity index is 256. The molecule has 0 radical (unpaired) electrons. The van der Waals surface area contributed by atoms with Crippen LogP contribution in [0, 0.1) is 0 Å². The molecule has 0 aliphatic carbocycles. The molecule has 0 rings (SSSR count). The molecule has 7 heteroatoms. The van der Waals surface area contributed by atoms with Crippen molar-refractivity contribution in [3.05, 3.63) is 0 Å². The number of hydrogen-bond donors (Lipinski definition) is 3. The molecular formula is C4H11N3O3S. The molecule has 0 saturated carbocycles. The maximum absolute atomic E-state index is 10.5. The number of nitrogens with one attached hydrogen (secondary N) is 1. The average Bonchev–Trinajstić information content (AvgIpc) is 1.56. The number of nitrogens with two attached hydrogens (primary N) is 2. The van der Waals surface area contributed by atoms with Gasteiger partial charge in [-0.25, -0.2) is 5.14 Å². The van der Waals surface area contributed by atoms with Gasteiger partial charge in [0.05, 0.1) is 0 Å². The van der Waals surface area contributed by atoms with Crippen LogP contribution < -0.4 is 15.6 Å². The summed E-state index contributed by atoms with van der Waals surface area (Å²) in [4.78, 5) is 10.5. The fourth-order valence-electron chi connectivity index (χ4n) is 0.406. The first-order chi connectivity index (χ1) is 4.65. The Balaban J connectivity index is 4.51. The first-order valence-electron chi connectivity index (χ1n) is 2.77. The number of rotatable bonds is 3. The lowest BCUT2D eigenvalue weighted by atomic mass is 10.1. The first-order valence-corrected chi connectivity index (χ1v) is 4.31. The summed E-state index contributed by atoms with van der Waals surface area (Å²) in [5.41, 5.74) is 3.52. The second kappa shape index (κ2) is 2.76. The minimum atomic E-state index is -3.88. The van der Waals surface area contributed by atoms with Crippen LogP contribution in [-0.4, -0.2) is 19.9 Å². The molecule has 0 heterocycles. The largest absolute Gasteiger partial charge is 0.368 e. The monoisotopic (exact) mass is 181 g/mol. The van der Waals surface area contributed by atoms with Gasteiger partial charge in [-0.15, -0.1) is 0 Å². The van der Waals surface area contributed by atoms with Crippen LogP contribution in [0.4, 0.5) is 0 Å². The summed E-state index contributed by atoms with van der Waals surface area (Å²) < 4.78 is 22.7. The maximum atomic E-state index is 10.5. The van der Waals surface area contributed by atoms with Crippen molar-refractivity contribution in [3.63, 3.8) is 0 Å². The van der Waals surface area contributed by atoms with Crippen LogP contribution in [0.25, 0.3) is 0 Å². The molecule has 0 aliphatic heterocycles. The van der Waals surface area contributed by atoms with E-state index in [1.165, 1.54) is 13.8 Å². The lowest BCUT2D eigenvalue weighted by molar-refractivity contribution is -0.122. The van der Waals surface area contributed by atoms with Gasteiger partial charge in [0.15, 0.2) is 0 Å². The third kappa shape index (κ3) is 3.91. The molecule has 0 aliphatic rings. The molecule has 5 N–H and O–H groups in total. The van der Waals surface area contributed by atoms with Crippen LogP contribution in [0.1, 0.15) is 13.8 Å². The van der Waals surface area contributed by atoms with Crippen LogP contribution >= 0.6 is 0 Å². The predicted octanol–water partition coefficient (Wildman–Crippen LogP) is -1.96. The maximum Gasteiger partial charge on any atom is 0.275 e. The fourth-order valence-corrected chi connectivity index (χ4v) is 1.22. The third-order valence-electron chi connectivity index (χ3n) is 1.01. The van der Waals surface area contributed by atoms with Crippen LogP contribution in [0.15, 0.2) is 0 Å². The normalized spacial score (nSPS) is 13.0. The lowest BCUT2D eigenvalue weighted by Crippen LogP contribution is -2.54. The van der Waals surface area contributed by atoms with E-state index in [0.29, 0.717) is 0 Å². The Morgan fingerprint density at radius 1 is 1.45 bits per heavy atom. The predicted molar refractivity (Wildman–Crippen MR) is 39.5 cm³/mol. The summed E-state index contributed by atoms with van der Waals surface area (Å²) in [6.07, 6.45) is 0. The highest BCUT2D eigenvalue weighted by molar-refractivity contribution is 7.87. The van der Waals surface area contributed by atoms with E-state index in [2.05, 4.69) is 5.14 Å². The lowest BCUT2D eigenvalue weighted by Gasteiger charge is -2.19. The summed E-state index contributed by atoms with van der Waals surface area (Å²) in [5, 5.41) is 4.61. The van der Waals surface area contributed by atoms with Crippen LogP contribution in [0.2, 0.25) is 0 Å².